The van der Waals surface area contributed by atoms with E-state index < -0.39 is 5.82 Å². The Morgan fingerprint density at radius 2 is 2.28 bits per heavy atom. The van der Waals surface area contributed by atoms with Crippen LogP contribution in [0.1, 0.15) is 22.8 Å². The molecule has 1 heterocycles. The number of nitrogens with zero attached hydrogens (tertiary/aromatic N) is 2. The van der Waals surface area contributed by atoms with E-state index in [9.17, 15) is 9.18 Å². The van der Waals surface area contributed by atoms with Crippen LogP contribution < -0.4 is 0 Å². The summed E-state index contributed by atoms with van der Waals surface area (Å²) < 4.78 is 15.3. The molecule has 1 aromatic heterocycles. The van der Waals surface area contributed by atoms with Crippen LogP contribution in [0.25, 0.3) is 0 Å². The number of Topliss-reactive ketones (excluding diaryl/α,β-unsaturated/α-hetero) is 1. The molecule has 0 unspecified atom stereocenters. The number of aromatic nitrogens is 2. The van der Waals surface area contributed by atoms with E-state index in [1.165, 1.54) is 12.1 Å². The fraction of sp³-hybridized carbons (Fsp3) is 0.231. The number of carbonyl (C=O) groups is 1. The fourth-order valence-electron chi connectivity index (χ4n) is 1.67. The van der Waals surface area contributed by atoms with E-state index in [0.717, 1.165) is 12.1 Å². The number of aryl methyl sites for hydroxylation is 1. The number of halogens is 2. The third-order valence-corrected chi connectivity index (χ3v) is 3.43. The average Bonchev–Trinajstić information content (AvgIpc) is 2.80. The Morgan fingerprint density at radius 1 is 1.50 bits per heavy atom. The van der Waals surface area contributed by atoms with Gasteiger partial charge in [0.15, 0.2) is 5.78 Å². The maximum absolute atomic E-state index is 13.3. The zero-order chi connectivity index (χ0) is 13.1. The van der Waals surface area contributed by atoms with Crippen molar-refractivity contribution in [3.05, 3.63) is 52.0 Å². The summed E-state index contributed by atoms with van der Waals surface area (Å²) in [5, 5.41) is 4.10. The Kier molecular flexibility index (Phi) is 3.91. The van der Waals surface area contributed by atoms with Crippen LogP contribution in [0.3, 0.4) is 0 Å². The van der Waals surface area contributed by atoms with Gasteiger partial charge in [-0.25, -0.2) is 4.39 Å². The molecule has 5 heteroatoms. The van der Waals surface area contributed by atoms with Crippen LogP contribution in [0.5, 0.6) is 0 Å². The van der Waals surface area contributed by atoms with E-state index in [-0.39, 0.29) is 16.7 Å². The standard InChI is InChI=1S/C13H12BrFN2O/c1-2-17-8-9(7-16-17)6-12(18)10-4-3-5-11(15)13(10)14/h3-5,7-8H,2,6H2,1H3. The van der Waals surface area contributed by atoms with Crippen molar-refractivity contribution in [2.45, 2.75) is 19.9 Å². The average molecular weight is 311 g/mol. The van der Waals surface area contributed by atoms with Crippen molar-refractivity contribution >= 4 is 21.7 Å². The molecule has 0 spiro atoms. The van der Waals surface area contributed by atoms with Gasteiger partial charge in [0.1, 0.15) is 5.82 Å². The summed E-state index contributed by atoms with van der Waals surface area (Å²) in [4.78, 5) is 12.1. The summed E-state index contributed by atoms with van der Waals surface area (Å²) in [6, 6.07) is 4.46. The quantitative estimate of drug-likeness (QED) is 0.813. The number of ketones is 1. The SMILES string of the molecule is CCn1cc(CC(=O)c2cccc(F)c2Br)cn1. The molecule has 18 heavy (non-hydrogen) atoms. The molecule has 2 rings (SSSR count). The van der Waals surface area contributed by atoms with E-state index in [1.54, 1.807) is 16.9 Å². The minimum atomic E-state index is -0.426. The molecule has 0 aliphatic rings. The van der Waals surface area contributed by atoms with Crippen LogP contribution in [0, 0.1) is 5.82 Å². The molecule has 0 aliphatic heterocycles. The predicted molar refractivity (Wildman–Crippen MR) is 70.0 cm³/mol. The first-order chi connectivity index (χ1) is 8.61. The number of hydrogen-bond donors (Lipinski definition) is 0. The van der Waals surface area contributed by atoms with Crippen molar-refractivity contribution in [3.8, 4) is 0 Å². The van der Waals surface area contributed by atoms with Gasteiger partial charge < -0.3 is 0 Å². The molecule has 3 nitrogen and oxygen atoms in total. The highest BCUT2D eigenvalue weighted by atomic mass is 79.9. The second kappa shape index (κ2) is 5.44. The highest BCUT2D eigenvalue weighted by molar-refractivity contribution is 9.10. The molecule has 0 amide bonds. The minimum absolute atomic E-state index is 0.128. The zero-order valence-electron chi connectivity index (χ0n) is 9.86. The van der Waals surface area contributed by atoms with Crippen molar-refractivity contribution in [3.63, 3.8) is 0 Å². The van der Waals surface area contributed by atoms with Crippen molar-refractivity contribution in [2.24, 2.45) is 0 Å². The summed E-state index contributed by atoms with van der Waals surface area (Å²) in [5.41, 5.74) is 1.19. The van der Waals surface area contributed by atoms with Crippen molar-refractivity contribution in [1.29, 1.82) is 0 Å². The van der Waals surface area contributed by atoms with E-state index in [1.807, 2.05) is 13.1 Å². The van der Waals surface area contributed by atoms with Crippen molar-refractivity contribution in [1.82, 2.24) is 9.78 Å². The summed E-state index contributed by atoms with van der Waals surface area (Å²) in [7, 11) is 0. The summed E-state index contributed by atoms with van der Waals surface area (Å²) in [6.45, 7) is 2.74. The largest absolute Gasteiger partial charge is 0.294 e. The molecule has 0 fully saturated rings. The fourth-order valence-corrected chi connectivity index (χ4v) is 2.16. The van der Waals surface area contributed by atoms with E-state index >= 15 is 0 Å². The minimum Gasteiger partial charge on any atom is -0.294 e. The maximum Gasteiger partial charge on any atom is 0.168 e. The molecule has 0 saturated carbocycles. The van der Waals surface area contributed by atoms with Crippen molar-refractivity contribution in [2.75, 3.05) is 0 Å². The Balaban J connectivity index is 2.19. The summed E-state index contributed by atoms with van der Waals surface area (Å²) >= 11 is 3.10. The smallest absolute Gasteiger partial charge is 0.168 e. The van der Waals surface area contributed by atoms with Gasteiger partial charge in [0.25, 0.3) is 0 Å². The highest BCUT2D eigenvalue weighted by Gasteiger charge is 2.14. The second-order valence-corrected chi connectivity index (χ2v) is 4.70. The summed E-state index contributed by atoms with van der Waals surface area (Å²) in [5.74, 6) is -0.554. The predicted octanol–water partition coefficient (Wildman–Crippen LogP) is 3.23. The van der Waals surface area contributed by atoms with Gasteiger partial charge in [0.2, 0.25) is 0 Å². The third-order valence-electron chi connectivity index (χ3n) is 2.63. The third kappa shape index (κ3) is 2.67. The van der Waals surface area contributed by atoms with Gasteiger partial charge in [-0.15, -0.1) is 0 Å². The first-order valence-corrected chi connectivity index (χ1v) is 6.39. The van der Waals surface area contributed by atoms with E-state index in [0.29, 0.717) is 5.56 Å². The van der Waals surface area contributed by atoms with Gasteiger partial charge in [0.05, 0.1) is 10.7 Å². The highest BCUT2D eigenvalue weighted by Crippen LogP contribution is 2.21. The molecule has 0 aliphatic carbocycles. The molecule has 2 aromatic rings. The molecule has 94 valence electrons. The maximum atomic E-state index is 13.3. The monoisotopic (exact) mass is 310 g/mol. The van der Waals surface area contributed by atoms with Crippen LogP contribution in [-0.4, -0.2) is 15.6 Å². The lowest BCUT2D eigenvalue weighted by Crippen LogP contribution is -2.05. The first-order valence-electron chi connectivity index (χ1n) is 5.60. The number of benzene rings is 1. The van der Waals surface area contributed by atoms with Gasteiger partial charge in [-0.2, -0.15) is 5.10 Å². The molecule has 0 atom stereocenters. The number of rotatable bonds is 4. The van der Waals surface area contributed by atoms with Gasteiger partial charge in [-0.05, 0) is 34.5 Å². The van der Waals surface area contributed by atoms with Gasteiger partial charge in [-0.1, -0.05) is 12.1 Å². The van der Waals surface area contributed by atoms with E-state index in [4.69, 9.17) is 0 Å². The zero-order valence-corrected chi connectivity index (χ0v) is 11.4. The summed E-state index contributed by atoms with van der Waals surface area (Å²) in [6.07, 6.45) is 3.71. The lowest BCUT2D eigenvalue weighted by molar-refractivity contribution is 0.0991. The van der Waals surface area contributed by atoms with Crippen LogP contribution in [-0.2, 0) is 13.0 Å². The van der Waals surface area contributed by atoms with Crippen LogP contribution in [0.15, 0.2) is 35.1 Å². The molecule has 0 radical (unpaired) electrons. The van der Waals surface area contributed by atoms with Gasteiger partial charge >= 0.3 is 0 Å². The molecule has 1 aromatic carbocycles. The first kappa shape index (κ1) is 13.0. The molecule has 0 saturated heterocycles. The molecular weight excluding hydrogens is 299 g/mol. The Bertz CT molecular complexity index is 580. The molecule has 0 N–H and O–H groups in total. The molecular formula is C13H12BrFN2O. The number of carbonyl (C=O) groups excluding carboxylic acids is 1. The molecule has 0 bridgehead atoms. The second-order valence-electron chi connectivity index (χ2n) is 3.91. The van der Waals surface area contributed by atoms with Crippen LogP contribution in [0.2, 0.25) is 0 Å². The number of hydrogen-bond acceptors (Lipinski definition) is 2. The van der Waals surface area contributed by atoms with Gasteiger partial charge in [-0.3, -0.25) is 9.48 Å². The Labute approximate surface area is 113 Å². The van der Waals surface area contributed by atoms with Crippen LogP contribution >= 0.6 is 15.9 Å². The normalized spacial score (nSPS) is 10.6. The lowest BCUT2D eigenvalue weighted by Gasteiger charge is -2.03. The van der Waals surface area contributed by atoms with E-state index in [2.05, 4.69) is 21.0 Å². The van der Waals surface area contributed by atoms with Crippen LogP contribution in [0.4, 0.5) is 4.39 Å². The topological polar surface area (TPSA) is 34.9 Å². The Hall–Kier alpha value is -1.49. The van der Waals surface area contributed by atoms with Crippen molar-refractivity contribution < 1.29 is 9.18 Å². The Morgan fingerprint density at radius 3 is 2.94 bits per heavy atom. The van der Waals surface area contributed by atoms with Gasteiger partial charge in [0, 0.05) is 24.7 Å². The lowest BCUT2D eigenvalue weighted by atomic mass is 10.1.